The summed E-state index contributed by atoms with van der Waals surface area (Å²) in [7, 11) is 1.57. The maximum atomic E-state index is 9.26. The molecular weight excluding hydrogens is 252 g/mol. The standard InChI is InChI=1S/C13H15ClN2O2/c1-8-3-11(17-2)10(14)4-9(8)12(16)13(5-15)6-18-7-13/h3-4,12H,6-7,16H2,1-2H3. The number of rotatable bonds is 3. The molecule has 1 atom stereocenters. The van der Waals surface area contributed by atoms with E-state index in [1.165, 1.54) is 0 Å². The molecule has 0 amide bonds. The van der Waals surface area contributed by atoms with E-state index in [0.29, 0.717) is 24.0 Å². The van der Waals surface area contributed by atoms with Gasteiger partial charge in [0, 0.05) is 0 Å². The van der Waals surface area contributed by atoms with Crippen molar-refractivity contribution in [2.75, 3.05) is 20.3 Å². The number of nitrogens with zero attached hydrogens (tertiary/aromatic N) is 1. The Morgan fingerprint density at radius 3 is 2.67 bits per heavy atom. The summed E-state index contributed by atoms with van der Waals surface area (Å²) in [6.45, 7) is 2.67. The van der Waals surface area contributed by atoms with Crippen molar-refractivity contribution in [3.8, 4) is 11.8 Å². The molecule has 1 aliphatic rings. The fraction of sp³-hybridized carbons (Fsp3) is 0.462. The van der Waals surface area contributed by atoms with Crippen LogP contribution in [0.2, 0.25) is 5.02 Å². The van der Waals surface area contributed by atoms with Crippen LogP contribution in [-0.4, -0.2) is 20.3 Å². The molecule has 1 unspecified atom stereocenters. The van der Waals surface area contributed by atoms with Gasteiger partial charge in [-0.15, -0.1) is 0 Å². The number of hydrogen-bond acceptors (Lipinski definition) is 4. The van der Waals surface area contributed by atoms with Gasteiger partial charge in [-0.1, -0.05) is 11.6 Å². The van der Waals surface area contributed by atoms with Crippen LogP contribution >= 0.6 is 11.6 Å². The summed E-state index contributed by atoms with van der Waals surface area (Å²) in [5.41, 5.74) is 7.40. The minimum absolute atomic E-state index is 0.369. The zero-order chi connectivity index (χ0) is 13.3. The van der Waals surface area contributed by atoms with Crippen LogP contribution in [0, 0.1) is 23.7 Å². The number of aryl methyl sites for hydroxylation is 1. The number of benzene rings is 1. The van der Waals surface area contributed by atoms with E-state index < -0.39 is 11.5 Å². The van der Waals surface area contributed by atoms with Crippen LogP contribution in [0.1, 0.15) is 17.2 Å². The monoisotopic (exact) mass is 266 g/mol. The van der Waals surface area contributed by atoms with Crippen LogP contribution in [0.15, 0.2) is 12.1 Å². The topological polar surface area (TPSA) is 68.3 Å². The quantitative estimate of drug-likeness (QED) is 0.911. The molecule has 0 radical (unpaired) electrons. The Labute approximate surface area is 111 Å². The summed E-state index contributed by atoms with van der Waals surface area (Å²) in [5.74, 6) is 0.612. The van der Waals surface area contributed by atoms with E-state index in [1.54, 1.807) is 13.2 Å². The van der Waals surface area contributed by atoms with Crippen molar-refractivity contribution in [1.29, 1.82) is 5.26 Å². The Bertz CT molecular complexity index is 506. The number of nitrogens with two attached hydrogens (primary N) is 1. The summed E-state index contributed by atoms with van der Waals surface area (Å²) < 4.78 is 10.3. The molecule has 1 aliphatic heterocycles. The Balaban J connectivity index is 2.40. The van der Waals surface area contributed by atoms with Crippen LogP contribution < -0.4 is 10.5 Å². The summed E-state index contributed by atoms with van der Waals surface area (Å²) in [6.07, 6.45) is 0. The Kier molecular flexibility index (Phi) is 3.49. The largest absolute Gasteiger partial charge is 0.495 e. The highest BCUT2D eigenvalue weighted by molar-refractivity contribution is 6.32. The third-order valence-electron chi connectivity index (χ3n) is 3.41. The van der Waals surface area contributed by atoms with Gasteiger partial charge in [0.2, 0.25) is 0 Å². The highest BCUT2D eigenvalue weighted by Crippen LogP contribution is 2.41. The number of methoxy groups -OCH3 is 1. The van der Waals surface area contributed by atoms with Gasteiger partial charge in [0.1, 0.15) is 11.2 Å². The average molecular weight is 267 g/mol. The van der Waals surface area contributed by atoms with Crippen molar-refractivity contribution in [2.24, 2.45) is 11.1 Å². The van der Waals surface area contributed by atoms with Crippen LogP contribution in [-0.2, 0) is 4.74 Å². The maximum absolute atomic E-state index is 9.26. The lowest BCUT2D eigenvalue weighted by Crippen LogP contribution is -2.49. The summed E-state index contributed by atoms with van der Waals surface area (Å²) in [4.78, 5) is 0. The van der Waals surface area contributed by atoms with Crippen LogP contribution in [0.25, 0.3) is 0 Å². The molecule has 5 heteroatoms. The molecule has 4 nitrogen and oxygen atoms in total. The lowest BCUT2D eigenvalue weighted by molar-refractivity contribution is -0.0911. The minimum atomic E-state index is -0.636. The highest BCUT2D eigenvalue weighted by atomic mass is 35.5. The summed E-state index contributed by atoms with van der Waals surface area (Å²) >= 11 is 6.11. The predicted molar refractivity (Wildman–Crippen MR) is 68.5 cm³/mol. The van der Waals surface area contributed by atoms with Gasteiger partial charge in [0.15, 0.2) is 0 Å². The SMILES string of the molecule is COc1cc(C)c(C(N)C2(C#N)COC2)cc1Cl. The number of ether oxygens (including phenoxy) is 2. The van der Waals surface area contributed by atoms with E-state index in [2.05, 4.69) is 6.07 Å². The van der Waals surface area contributed by atoms with Gasteiger partial charge in [-0.3, -0.25) is 0 Å². The molecule has 1 aromatic rings. The van der Waals surface area contributed by atoms with Crippen molar-refractivity contribution in [1.82, 2.24) is 0 Å². The zero-order valence-electron chi connectivity index (χ0n) is 10.4. The Hall–Kier alpha value is -1.28. The van der Waals surface area contributed by atoms with Gasteiger partial charge in [-0.25, -0.2) is 0 Å². The molecular formula is C13H15ClN2O2. The van der Waals surface area contributed by atoms with Gasteiger partial charge >= 0.3 is 0 Å². The zero-order valence-corrected chi connectivity index (χ0v) is 11.1. The molecule has 1 heterocycles. The fourth-order valence-electron chi connectivity index (χ4n) is 2.10. The first-order valence-electron chi connectivity index (χ1n) is 5.62. The van der Waals surface area contributed by atoms with Crippen molar-refractivity contribution < 1.29 is 9.47 Å². The van der Waals surface area contributed by atoms with Gasteiger partial charge in [0.25, 0.3) is 0 Å². The van der Waals surface area contributed by atoms with Crippen LogP contribution in [0.5, 0.6) is 5.75 Å². The lowest BCUT2D eigenvalue weighted by atomic mass is 9.76. The molecule has 2 N–H and O–H groups in total. The van der Waals surface area contributed by atoms with E-state index in [1.807, 2.05) is 13.0 Å². The molecule has 2 rings (SSSR count). The molecule has 0 spiro atoms. The molecule has 1 fully saturated rings. The van der Waals surface area contributed by atoms with Crippen molar-refractivity contribution in [2.45, 2.75) is 13.0 Å². The molecule has 1 saturated heterocycles. The number of halogens is 1. The molecule has 1 aromatic carbocycles. The Morgan fingerprint density at radius 2 is 2.22 bits per heavy atom. The van der Waals surface area contributed by atoms with E-state index in [0.717, 1.165) is 11.1 Å². The summed E-state index contributed by atoms with van der Waals surface area (Å²) in [5, 5.41) is 9.76. The highest BCUT2D eigenvalue weighted by Gasteiger charge is 2.46. The predicted octanol–water partition coefficient (Wildman–Crippen LogP) is 2.20. The molecule has 18 heavy (non-hydrogen) atoms. The van der Waals surface area contributed by atoms with Gasteiger partial charge in [0.05, 0.1) is 37.5 Å². The molecule has 0 aromatic heterocycles. The van der Waals surface area contributed by atoms with Crippen molar-refractivity contribution >= 4 is 11.6 Å². The molecule has 0 bridgehead atoms. The normalized spacial score (nSPS) is 18.6. The third kappa shape index (κ3) is 1.95. The molecule has 0 aliphatic carbocycles. The van der Waals surface area contributed by atoms with Crippen molar-refractivity contribution in [3.05, 3.63) is 28.3 Å². The van der Waals surface area contributed by atoms with Crippen LogP contribution in [0.3, 0.4) is 0 Å². The number of nitriles is 1. The van der Waals surface area contributed by atoms with E-state index in [-0.39, 0.29) is 0 Å². The molecule has 0 saturated carbocycles. The second-order valence-corrected chi connectivity index (χ2v) is 4.99. The van der Waals surface area contributed by atoms with Gasteiger partial charge in [-0.05, 0) is 30.2 Å². The second kappa shape index (κ2) is 4.77. The number of hydrogen-bond donors (Lipinski definition) is 1. The van der Waals surface area contributed by atoms with E-state index in [4.69, 9.17) is 26.8 Å². The van der Waals surface area contributed by atoms with Crippen molar-refractivity contribution in [3.63, 3.8) is 0 Å². The molecule has 96 valence electrons. The first-order chi connectivity index (χ1) is 8.54. The van der Waals surface area contributed by atoms with Gasteiger partial charge < -0.3 is 15.2 Å². The first-order valence-corrected chi connectivity index (χ1v) is 6.00. The smallest absolute Gasteiger partial charge is 0.137 e. The first kappa shape index (κ1) is 13.2. The minimum Gasteiger partial charge on any atom is -0.495 e. The van der Waals surface area contributed by atoms with Crippen LogP contribution in [0.4, 0.5) is 0 Å². The van der Waals surface area contributed by atoms with Gasteiger partial charge in [-0.2, -0.15) is 5.26 Å². The third-order valence-corrected chi connectivity index (χ3v) is 3.71. The lowest BCUT2D eigenvalue weighted by Gasteiger charge is -2.40. The van der Waals surface area contributed by atoms with E-state index in [9.17, 15) is 5.26 Å². The maximum Gasteiger partial charge on any atom is 0.137 e. The van der Waals surface area contributed by atoms with E-state index >= 15 is 0 Å². The average Bonchev–Trinajstić information content (AvgIpc) is 2.30. The summed E-state index contributed by atoms with van der Waals surface area (Å²) in [6, 6.07) is 5.47. The second-order valence-electron chi connectivity index (χ2n) is 4.58. The Morgan fingerprint density at radius 1 is 1.56 bits per heavy atom. The fourth-order valence-corrected chi connectivity index (χ4v) is 2.34.